The average molecular weight is 349 g/mol. The van der Waals surface area contributed by atoms with Crippen LogP contribution in [0.5, 0.6) is 0 Å². The number of carbonyl (C=O) groups is 1. The lowest BCUT2D eigenvalue weighted by atomic mass is 10.2. The molecular weight excluding hydrogens is 320 g/mol. The number of piperazine rings is 1. The Hall–Kier alpha value is -1.04. The summed E-state index contributed by atoms with van der Waals surface area (Å²) in [5.41, 5.74) is 2.57. The first kappa shape index (κ1) is 17.8. The lowest BCUT2D eigenvalue weighted by Gasteiger charge is -2.35. The highest BCUT2D eigenvalue weighted by atomic mass is 32.2. The van der Waals surface area contributed by atoms with Crippen LogP contribution in [0.4, 0.5) is 0 Å². The summed E-state index contributed by atoms with van der Waals surface area (Å²) in [5.74, 6) is 1.77. The molecule has 5 heteroatoms. The van der Waals surface area contributed by atoms with Crippen molar-refractivity contribution in [2.24, 2.45) is 0 Å². The molecule has 0 bridgehead atoms. The smallest absolute Gasteiger partial charge is 0.232 e. The molecule has 1 unspecified atom stereocenters. The zero-order valence-corrected chi connectivity index (χ0v) is 15.4. The number of thioether (sulfide) groups is 1. The second-order valence-corrected chi connectivity index (χ2v) is 7.78. The zero-order chi connectivity index (χ0) is 16.8. The van der Waals surface area contributed by atoms with Crippen LogP contribution in [0.2, 0.25) is 0 Å². The molecule has 2 aliphatic rings. The monoisotopic (exact) mass is 348 g/mol. The third-order valence-corrected chi connectivity index (χ3v) is 5.81. The fourth-order valence-corrected chi connectivity index (χ4v) is 4.18. The lowest BCUT2D eigenvalue weighted by Crippen LogP contribution is -2.50. The van der Waals surface area contributed by atoms with E-state index in [-0.39, 0.29) is 5.91 Å². The van der Waals surface area contributed by atoms with Crippen LogP contribution in [-0.2, 0) is 15.3 Å². The van der Waals surface area contributed by atoms with E-state index in [4.69, 9.17) is 4.74 Å². The highest BCUT2D eigenvalue weighted by Gasteiger charge is 2.24. The summed E-state index contributed by atoms with van der Waals surface area (Å²) in [7, 11) is 0. The van der Waals surface area contributed by atoms with Gasteiger partial charge in [-0.3, -0.25) is 9.69 Å². The Kier molecular flexibility index (Phi) is 6.58. The van der Waals surface area contributed by atoms with Crippen molar-refractivity contribution < 1.29 is 9.53 Å². The summed E-state index contributed by atoms with van der Waals surface area (Å²) in [6, 6.07) is 8.56. The van der Waals surface area contributed by atoms with E-state index in [1.165, 1.54) is 24.0 Å². The average Bonchev–Trinajstić information content (AvgIpc) is 3.10. The number of benzene rings is 1. The van der Waals surface area contributed by atoms with E-state index in [1.54, 1.807) is 11.8 Å². The second-order valence-electron chi connectivity index (χ2n) is 6.79. The number of amides is 1. The largest absolute Gasteiger partial charge is 0.377 e. The molecule has 2 heterocycles. The van der Waals surface area contributed by atoms with E-state index in [9.17, 15) is 4.79 Å². The minimum atomic E-state index is 0.281. The van der Waals surface area contributed by atoms with Gasteiger partial charge in [0.1, 0.15) is 0 Å². The van der Waals surface area contributed by atoms with Crippen LogP contribution >= 0.6 is 11.8 Å². The fourth-order valence-electron chi connectivity index (χ4n) is 3.29. The van der Waals surface area contributed by atoms with Gasteiger partial charge in [0, 0.05) is 45.1 Å². The Morgan fingerprint density at radius 1 is 1.21 bits per heavy atom. The molecule has 1 aromatic rings. The summed E-state index contributed by atoms with van der Waals surface area (Å²) in [6.07, 6.45) is 2.80. The topological polar surface area (TPSA) is 32.8 Å². The molecule has 1 amide bonds. The Morgan fingerprint density at radius 3 is 2.62 bits per heavy atom. The highest BCUT2D eigenvalue weighted by Crippen LogP contribution is 2.16. The van der Waals surface area contributed by atoms with Gasteiger partial charge in [0.2, 0.25) is 5.91 Å². The molecule has 0 spiro atoms. The molecule has 3 rings (SSSR count). The summed E-state index contributed by atoms with van der Waals surface area (Å²) in [4.78, 5) is 16.8. The van der Waals surface area contributed by atoms with Gasteiger partial charge in [-0.1, -0.05) is 29.8 Å². The molecule has 0 saturated carbocycles. The van der Waals surface area contributed by atoms with Crippen molar-refractivity contribution in [2.75, 3.05) is 45.1 Å². The first-order chi connectivity index (χ1) is 11.7. The zero-order valence-electron chi connectivity index (χ0n) is 14.6. The van der Waals surface area contributed by atoms with Crippen LogP contribution in [-0.4, -0.2) is 66.9 Å². The maximum atomic E-state index is 12.4. The van der Waals surface area contributed by atoms with Gasteiger partial charge in [0.15, 0.2) is 0 Å². The third kappa shape index (κ3) is 5.23. The van der Waals surface area contributed by atoms with Crippen LogP contribution in [0, 0.1) is 6.92 Å². The van der Waals surface area contributed by atoms with Crippen molar-refractivity contribution in [3.63, 3.8) is 0 Å². The normalized spacial score (nSPS) is 22.0. The Labute approximate surface area is 149 Å². The van der Waals surface area contributed by atoms with E-state index < -0.39 is 0 Å². The molecule has 0 radical (unpaired) electrons. The highest BCUT2D eigenvalue weighted by molar-refractivity contribution is 7.99. The van der Waals surface area contributed by atoms with Crippen LogP contribution in [0.1, 0.15) is 24.0 Å². The van der Waals surface area contributed by atoms with Crippen molar-refractivity contribution in [1.29, 1.82) is 0 Å². The molecule has 2 aliphatic heterocycles. The molecule has 0 aliphatic carbocycles. The maximum absolute atomic E-state index is 12.4. The molecule has 1 aromatic carbocycles. The molecule has 1 atom stereocenters. The number of carbonyl (C=O) groups excluding carboxylic acids is 1. The van der Waals surface area contributed by atoms with Crippen molar-refractivity contribution >= 4 is 17.7 Å². The number of rotatable bonds is 6. The predicted octanol–water partition coefficient (Wildman–Crippen LogP) is 2.55. The maximum Gasteiger partial charge on any atom is 0.232 e. The first-order valence-electron chi connectivity index (χ1n) is 8.96. The Bertz CT molecular complexity index is 521. The Morgan fingerprint density at radius 2 is 1.96 bits per heavy atom. The van der Waals surface area contributed by atoms with Crippen molar-refractivity contribution in [3.8, 4) is 0 Å². The van der Waals surface area contributed by atoms with Crippen LogP contribution < -0.4 is 0 Å². The molecule has 0 aromatic heterocycles. The first-order valence-corrected chi connectivity index (χ1v) is 10.1. The minimum Gasteiger partial charge on any atom is -0.377 e. The van der Waals surface area contributed by atoms with E-state index in [0.717, 1.165) is 45.1 Å². The van der Waals surface area contributed by atoms with Crippen LogP contribution in [0.3, 0.4) is 0 Å². The summed E-state index contributed by atoms with van der Waals surface area (Å²) >= 11 is 1.72. The molecule has 132 valence electrons. The molecule has 2 saturated heterocycles. The standard InChI is InChI=1S/C19H28N2O2S/c1-16-4-6-17(7-5-16)14-24-15-19(22)21-10-8-20(9-11-21)13-18-3-2-12-23-18/h4-7,18H,2-3,8-15H2,1H3. The number of ether oxygens (including phenoxy) is 1. The predicted molar refractivity (Wildman–Crippen MR) is 99.3 cm³/mol. The molecule has 4 nitrogen and oxygen atoms in total. The fraction of sp³-hybridized carbons (Fsp3) is 0.632. The molecule has 0 N–H and O–H groups in total. The Balaban J connectivity index is 1.33. The van der Waals surface area contributed by atoms with E-state index in [0.29, 0.717) is 11.9 Å². The molecule has 2 fully saturated rings. The van der Waals surface area contributed by atoms with Gasteiger partial charge in [-0.15, -0.1) is 11.8 Å². The van der Waals surface area contributed by atoms with Crippen molar-refractivity contribution in [3.05, 3.63) is 35.4 Å². The van der Waals surface area contributed by atoms with Crippen molar-refractivity contribution in [1.82, 2.24) is 9.80 Å². The van der Waals surface area contributed by atoms with Crippen LogP contribution in [0.25, 0.3) is 0 Å². The number of nitrogens with zero attached hydrogens (tertiary/aromatic N) is 2. The van der Waals surface area contributed by atoms with Gasteiger partial charge < -0.3 is 9.64 Å². The molecule has 24 heavy (non-hydrogen) atoms. The third-order valence-electron chi connectivity index (χ3n) is 4.83. The van der Waals surface area contributed by atoms with E-state index in [1.807, 2.05) is 4.90 Å². The quantitative estimate of drug-likeness (QED) is 0.791. The van der Waals surface area contributed by atoms with Gasteiger partial charge in [-0.2, -0.15) is 0 Å². The summed E-state index contributed by atoms with van der Waals surface area (Å²) in [5, 5.41) is 0. The SMILES string of the molecule is Cc1ccc(CSCC(=O)N2CCN(CC3CCCO3)CC2)cc1. The van der Waals surface area contributed by atoms with Crippen LogP contribution in [0.15, 0.2) is 24.3 Å². The molecular formula is C19H28N2O2S. The minimum absolute atomic E-state index is 0.281. The second kappa shape index (κ2) is 8.88. The van der Waals surface area contributed by atoms with Gasteiger partial charge in [-0.05, 0) is 25.3 Å². The van der Waals surface area contributed by atoms with Gasteiger partial charge >= 0.3 is 0 Å². The van der Waals surface area contributed by atoms with E-state index in [2.05, 4.69) is 36.1 Å². The number of hydrogen-bond donors (Lipinski definition) is 0. The summed E-state index contributed by atoms with van der Waals surface area (Å²) < 4.78 is 5.71. The van der Waals surface area contributed by atoms with Gasteiger partial charge in [-0.25, -0.2) is 0 Å². The van der Waals surface area contributed by atoms with Gasteiger partial charge in [0.05, 0.1) is 11.9 Å². The summed E-state index contributed by atoms with van der Waals surface area (Å²) in [6.45, 7) is 7.72. The lowest BCUT2D eigenvalue weighted by molar-refractivity contribution is -0.130. The van der Waals surface area contributed by atoms with E-state index >= 15 is 0 Å². The number of aryl methyl sites for hydroxylation is 1. The van der Waals surface area contributed by atoms with Gasteiger partial charge in [0.25, 0.3) is 0 Å². The number of hydrogen-bond acceptors (Lipinski definition) is 4. The van der Waals surface area contributed by atoms with Crippen molar-refractivity contribution in [2.45, 2.75) is 31.6 Å².